The number of hydrogen-bond acceptors (Lipinski definition) is 3. The molecule has 1 aromatic heterocycles. The van der Waals surface area contributed by atoms with Crippen molar-refractivity contribution in [3.05, 3.63) is 66.4 Å². The number of hydrogen-bond donors (Lipinski definition) is 1. The van der Waals surface area contributed by atoms with Gasteiger partial charge in [0.15, 0.2) is 0 Å². The lowest BCUT2D eigenvalue weighted by molar-refractivity contribution is 0.0697. The van der Waals surface area contributed by atoms with E-state index in [0.29, 0.717) is 5.69 Å². The molecule has 5 heteroatoms. The third-order valence-corrected chi connectivity index (χ3v) is 2.98. The van der Waals surface area contributed by atoms with Gasteiger partial charge >= 0.3 is 5.97 Å². The molecule has 0 atom stereocenters. The molecule has 0 fully saturated rings. The fourth-order valence-electron chi connectivity index (χ4n) is 2.06. The molecule has 3 rings (SSSR count). The Morgan fingerprint density at radius 3 is 2.45 bits per heavy atom. The van der Waals surface area contributed by atoms with Crippen LogP contribution in [0, 0.1) is 0 Å². The van der Waals surface area contributed by atoms with E-state index in [9.17, 15) is 9.90 Å². The first-order valence-electron chi connectivity index (χ1n) is 6.06. The van der Waals surface area contributed by atoms with Crippen molar-refractivity contribution in [2.45, 2.75) is 0 Å². The van der Waals surface area contributed by atoms with E-state index in [0.717, 1.165) is 11.3 Å². The lowest BCUT2D eigenvalue weighted by Crippen LogP contribution is -2.07. The standard InChI is InChI=1S/C15H11N3O2/c19-15(20)12-8-4-5-9-13(12)18-14(10-16-17-18)11-6-2-1-3-7-11/h1-10H,(H,19,20). The molecule has 2 aromatic carbocycles. The van der Waals surface area contributed by atoms with Crippen LogP contribution in [0.3, 0.4) is 0 Å². The Hall–Kier alpha value is -2.95. The highest BCUT2D eigenvalue weighted by Gasteiger charge is 2.15. The molecule has 98 valence electrons. The highest BCUT2D eigenvalue weighted by molar-refractivity contribution is 5.92. The first-order valence-corrected chi connectivity index (χ1v) is 6.06. The molecular formula is C15H11N3O2. The summed E-state index contributed by atoms with van der Waals surface area (Å²) in [5, 5.41) is 17.2. The number of carboxylic acids is 1. The minimum atomic E-state index is -0.991. The Balaban J connectivity index is 2.18. The van der Waals surface area contributed by atoms with Crippen LogP contribution in [0.4, 0.5) is 0 Å². The van der Waals surface area contributed by atoms with Crippen LogP contribution in [0.25, 0.3) is 16.9 Å². The second-order valence-electron chi connectivity index (χ2n) is 4.22. The summed E-state index contributed by atoms with van der Waals surface area (Å²) in [4.78, 5) is 11.3. The molecule has 1 heterocycles. The molecule has 0 aliphatic carbocycles. The van der Waals surface area contributed by atoms with Gasteiger partial charge in [0.25, 0.3) is 0 Å². The van der Waals surface area contributed by atoms with Crippen molar-refractivity contribution in [1.82, 2.24) is 15.0 Å². The normalized spacial score (nSPS) is 10.4. The number of aromatic nitrogens is 3. The maximum atomic E-state index is 11.3. The van der Waals surface area contributed by atoms with E-state index in [1.165, 1.54) is 0 Å². The van der Waals surface area contributed by atoms with Gasteiger partial charge in [-0.1, -0.05) is 47.7 Å². The van der Waals surface area contributed by atoms with Crippen molar-refractivity contribution < 1.29 is 9.90 Å². The Morgan fingerprint density at radius 1 is 1.00 bits per heavy atom. The smallest absolute Gasteiger partial charge is 0.337 e. The zero-order valence-corrected chi connectivity index (χ0v) is 10.5. The number of nitrogens with zero attached hydrogens (tertiary/aromatic N) is 3. The second-order valence-corrected chi connectivity index (χ2v) is 4.22. The average Bonchev–Trinajstić information content (AvgIpc) is 2.97. The van der Waals surface area contributed by atoms with Gasteiger partial charge in [-0.05, 0) is 12.1 Å². The number of benzene rings is 2. The lowest BCUT2D eigenvalue weighted by Gasteiger charge is -2.08. The van der Waals surface area contributed by atoms with Crippen LogP contribution in [-0.2, 0) is 0 Å². The number of carboxylic acid groups (broad SMARTS) is 1. The molecule has 0 amide bonds. The molecule has 20 heavy (non-hydrogen) atoms. The fourth-order valence-corrected chi connectivity index (χ4v) is 2.06. The van der Waals surface area contributed by atoms with Crippen LogP contribution in [0.5, 0.6) is 0 Å². The monoisotopic (exact) mass is 265 g/mol. The van der Waals surface area contributed by atoms with Gasteiger partial charge in [0.05, 0.1) is 23.1 Å². The van der Waals surface area contributed by atoms with Gasteiger partial charge in [0.2, 0.25) is 0 Å². The molecule has 0 radical (unpaired) electrons. The molecule has 5 nitrogen and oxygen atoms in total. The van der Waals surface area contributed by atoms with E-state index in [4.69, 9.17) is 0 Å². The van der Waals surface area contributed by atoms with Crippen molar-refractivity contribution in [1.29, 1.82) is 0 Å². The van der Waals surface area contributed by atoms with Gasteiger partial charge in [-0.2, -0.15) is 0 Å². The van der Waals surface area contributed by atoms with Gasteiger partial charge in [0.1, 0.15) is 0 Å². The van der Waals surface area contributed by atoms with Crippen molar-refractivity contribution in [3.8, 4) is 16.9 Å². The number of para-hydroxylation sites is 1. The molecule has 0 saturated carbocycles. The summed E-state index contributed by atoms with van der Waals surface area (Å²) in [6.07, 6.45) is 1.62. The van der Waals surface area contributed by atoms with Crippen molar-refractivity contribution in [2.24, 2.45) is 0 Å². The summed E-state index contributed by atoms with van der Waals surface area (Å²) >= 11 is 0. The molecule has 0 saturated heterocycles. The Kier molecular flexibility index (Phi) is 3.01. The lowest BCUT2D eigenvalue weighted by atomic mass is 10.1. The zero-order chi connectivity index (χ0) is 13.9. The molecule has 0 unspecified atom stereocenters. The Morgan fingerprint density at radius 2 is 1.70 bits per heavy atom. The van der Waals surface area contributed by atoms with Crippen molar-refractivity contribution in [2.75, 3.05) is 0 Å². The van der Waals surface area contributed by atoms with Crippen LogP contribution in [0.15, 0.2) is 60.8 Å². The Bertz CT molecular complexity index is 751. The highest BCUT2D eigenvalue weighted by Crippen LogP contribution is 2.23. The Labute approximate surface area is 115 Å². The third kappa shape index (κ3) is 2.05. The maximum Gasteiger partial charge on any atom is 0.337 e. The minimum Gasteiger partial charge on any atom is -0.478 e. The maximum absolute atomic E-state index is 11.3. The molecule has 0 spiro atoms. The van der Waals surface area contributed by atoms with E-state index < -0.39 is 5.97 Å². The first kappa shape index (κ1) is 12.1. The van der Waals surface area contributed by atoms with Crippen LogP contribution in [-0.4, -0.2) is 26.1 Å². The summed E-state index contributed by atoms with van der Waals surface area (Å²) in [7, 11) is 0. The molecule has 0 aliphatic rings. The van der Waals surface area contributed by atoms with Crippen LogP contribution < -0.4 is 0 Å². The number of carbonyl (C=O) groups is 1. The van der Waals surface area contributed by atoms with Crippen molar-refractivity contribution >= 4 is 5.97 Å². The average molecular weight is 265 g/mol. The van der Waals surface area contributed by atoms with E-state index in [-0.39, 0.29) is 5.56 Å². The molecule has 3 aromatic rings. The third-order valence-electron chi connectivity index (χ3n) is 2.98. The molecular weight excluding hydrogens is 254 g/mol. The van der Waals surface area contributed by atoms with Crippen LogP contribution in [0.2, 0.25) is 0 Å². The second kappa shape index (κ2) is 4.97. The first-order chi connectivity index (χ1) is 9.77. The molecule has 0 bridgehead atoms. The van der Waals surface area contributed by atoms with Crippen LogP contribution >= 0.6 is 0 Å². The predicted molar refractivity (Wildman–Crippen MR) is 73.8 cm³/mol. The van der Waals surface area contributed by atoms with E-state index in [2.05, 4.69) is 10.3 Å². The number of aromatic carboxylic acids is 1. The van der Waals surface area contributed by atoms with E-state index in [1.54, 1.807) is 35.1 Å². The van der Waals surface area contributed by atoms with Gasteiger partial charge in [-0.15, -0.1) is 5.10 Å². The SMILES string of the molecule is O=C(O)c1ccccc1-n1nncc1-c1ccccc1. The minimum absolute atomic E-state index is 0.190. The quantitative estimate of drug-likeness (QED) is 0.790. The summed E-state index contributed by atoms with van der Waals surface area (Å²) in [6, 6.07) is 16.3. The predicted octanol–water partition coefficient (Wildman–Crippen LogP) is 2.63. The van der Waals surface area contributed by atoms with E-state index >= 15 is 0 Å². The molecule has 1 N–H and O–H groups in total. The van der Waals surface area contributed by atoms with Crippen molar-refractivity contribution in [3.63, 3.8) is 0 Å². The van der Waals surface area contributed by atoms with Gasteiger partial charge < -0.3 is 5.11 Å². The van der Waals surface area contributed by atoms with Gasteiger partial charge in [-0.25, -0.2) is 9.48 Å². The fraction of sp³-hybridized carbons (Fsp3) is 0. The summed E-state index contributed by atoms with van der Waals surface area (Å²) < 4.78 is 1.54. The van der Waals surface area contributed by atoms with E-state index in [1.807, 2.05) is 30.3 Å². The summed E-state index contributed by atoms with van der Waals surface area (Å²) in [5.41, 5.74) is 2.36. The molecule has 0 aliphatic heterocycles. The number of rotatable bonds is 3. The van der Waals surface area contributed by atoms with Gasteiger partial charge in [0, 0.05) is 5.56 Å². The summed E-state index contributed by atoms with van der Waals surface area (Å²) in [5.74, 6) is -0.991. The zero-order valence-electron chi connectivity index (χ0n) is 10.5. The van der Waals surface area contributed by atoms with Crippen LogP contribution in [0.1, 0.15) is 10.4 Å². The highest BCUT2D eigenvalue weighted by atomic mass is 16.4. The summed E-state index contributed by atoms with van der Waals surface area (Å²) in [6.45, 7) is 0. The topological polar surface area (TPSA) is 68.0 Å². The largest absolute Gasteiger partial charge is 0.478 e. The van der Waals surface area contributed by atoms with Gasteiger partial charge in [-0.3, -0.25) is 0 Å².